The van der Waals surface area contributed by atoms with Crippen LogP contribution in [0.1, 0.15) is 32.6 Å². The van der Waals surface area contributed by atoms with Crippen molar-refractivity contribution in [3.63, 3.8) is 0 Å². The van der Waals surface area contributed by atoms with Crippen LogP contribution in [0.5, 0.6) is 0 Å². The van der Waals surface area contributed by atoms with Gasteiger partial charge in [-0.05, 0) is 51.2 Å². The second kappa shape index (κ2) is 7.61. The normalized spacial score (nSPS) is 17.9. The van der Waals surface area contributed by atoms with Gasteiger partial charge in [0, 0.05) is 13.5 Å². The van der Waals surface area contributed by atoms with E-state index in [2.05, 4.69) is 10.2 Å². The molecule has 1 amide bonds. The summed E-state index contributed by atoms with van der Waals surface area (Å²) in [5, 5.41) is 2.90. The molecule has 17 heavy (non-hydrogen) atoms. The van der Waals surface area contributed by atoms with E-state index in [1.165, 1.54) is 12.8 Å². The van der Waals surface area contributed by atoms with Gasteiger partial charge in [-0.3, -0.25) is 4.79 Å². The lowest BCUT2D eigenvalue weighted by atomic mass is 9.96. The molecular weight excluding hydrogens is 234 g/mol. The monoisotopic (exact) mass is 257 g/mol. The summed E-state index contributed by atoms with van der Waals surface area (Å²) in [5.74, 6) is 0.717. The second-order valence-electron chi connectivity index (χ2n) is 4.79. The molecule has 0 spiro atoms. The van der Waals surface area contributed by atoms with Gasteiger partial charge in [-0.1, -0.05) is 12.2 Å². The van der Waals surface area contributed by atoms with Gasteiger partial charge in [-0.15, -0.1) is 0 Å². The summed E-state index contributed by atoms with van der Waals surface area (Å²) in [6, 6.07) is 0. The van der Waals surface area contributed by atoms with Crippen LogP contribution in [0.2, 0.25) is 0 Å². The summed E-state index contributed by atoms with van der Waals surface area (Å²) in [5.41, 5.74) is 5.47. The van der Waals surface area contributed by atoms with Gasteiger partial charge in [0.25, 0.3) is 0 Å². The Kier molecular flexibility index (Phi) is 6.44. The van der Waals surface area contributed by atoms with E-state index in [0.717, 1.165) is 39.0 Å². The van der Waals surface area contributed by atoms with Crippen molar-refractivity contribution in [3.05, 3.63) is 0 Å². The molecule has 1 rings (SSSR count). The Morgan fingerprint density at radius 2 is 2.12 bits per heavy atom. The van der Waals surface area contributed by atoms with E-state index in [9.17, 15) is 4.79 Å². The minimum absolute atomic E-state index is 0.0730. The maximum absolute atomic E-state index is 10.8. The van der Waals surface area contributed by atoms with Gasteiger partial charge in [0.05, 0.1) is 4.99 Å². The molecule has 0 radical (unpaired) electrons. The fourth-order valence-electron chi connectivity index (χ4n) is 2.18. The lowest BCUT2D eigenvalue weighted by molar-refractivity contribution is -0.119. The minimum atomic E-state index is 0.0730. The average Bonchev–Trinajstić information content (AvgIpc) is 2.27. The van der Waals surface area contributed by atoms with Crippen LogP contribution in [-0.2, 0) is 4.79 Å². The van der Waals surface area contributed by atoms with Gasteiger partial charge in [0.1, 0.15) is 0 Å². The van der Waals surface area contributed by atoms with E-state index in [4.69, 9.17) is 18.0 Å². The first kappa shape index (κ1) is 14.4. The molecule has 1 fully saturated rings. The van der Waals surface area contributed by atoms with E-state index >= 15 is 0 Å². The first-order valence-corrected chi connectivity index (χ1v) is 6.74. The molecule has 98 valence electrons. The number of carbonyl (C=O) groups excluding carboxylic acids is 1. The van der Waals surface area contributed by atoms with Gasteiger partial charge in [-0.25, -0.2) is 0 Å². The SMILES string of the molecule is CC(=O)NCC1CCN(CCCC(N)=S)CC1. The minimum Gasteiger partial charge on any atom is -0.393 e. The Morgan fingerprint density at radius 1 is 1.47 bits per heavy atom. The van der Waals surface area contributed by atoms with Crippen molar-refractivity contribution in [2.45, 2.75) is 32.6 Å². The second-order valence-corrected chi connectivity index (χ2v) is 5.32. The molecule has 1 heterocycles. The van der Waals surface area contributed by atoms with Crippen molar-refractivity contribution in [1.82, 2.24) is 10.2 Å². The topological polar surface area (TPSA) is 58.4 Å². The van der Waals surface area contributed by atoms with Gasteiger partial charge in [-0.2, -0.15) is 0 Å². The maximum Gasteiger partial charge on any atom is 0.216 e. The standard InChI is InChI=1S/C12H23N3OS/c1-10(16)14-9-11-4-7-15(8-5-11)6-2-3-12(13)17/h11H,2-9H2,1H3,(H2,13,17)(H,14,16). The number of likely N-dealkylation sites (tertiary alicyclic amines) is 1. The third kappa shape index (κ3) is 6.58. The zero-order valence-electron chi connectivity index (χ0n) is 10.6. The fourth-order valence-corrected chi connectivity index (χ4v) is 2.32. The van der Waals surface area contributed by atoms with Crippen molar-refractivity contribution in [3.8, 4) is 0 Å². The summed E-state index contributed by atoms with van der Waals surface area (Å²) in [6.07, 6.45) is 4.26. The average molecular weight is 257 g/mol. The number of rotatable bonds is 6. The van der Waals surface area contributed by atoms with E-state index in [1.807, 2.05) is 0 Å². The predicted molar refractivity (Wildman–Crippen MR) is 73.9 cm³/mol. The molecule has 0 aromatic rings. The highest BCUT2D eigenvalue weighted by molar-refractivity contribution is 7.80. The van der Waals surface area contributed by atoms with Gasteiger partial charge in [0.15, 0.2) is 0 Å². The maximum atomic E-state index is 10.8. The van der Waals surface area contributed by atoms with Crippen molar-refractivity contribution in [2.24, 2.45) is 11.7 Å². The molecule has 0 saturated carbocycles. The summed E-state index contributed by atoms with van der Waals surface area (Å²) in [4.78, 5) is 13.9. The van der Waals surface area contributed by atoms with Crippen LogP contribution in [0.3, 0.4) is 0 Å². The molecule has 0 bridgehead atoms. The molecule has 0 aromatic heterocycles. The van der Waals surface area contributed by atoms with Crippen LogP contribution in [-0.4, -0.2) is 42.0 Å². The molecule has 3 N–H and O–H groups in total. The Bertz CT molecular complexity index is 262. The molecule has 0 atom stereocenters. The summed E-state index contributed by atoms with van der Waals surface area (Å²) >= 11 is 4.86. The molecule has 5 heteroatoms. The highest BCUT2D eigenvalue weighted by atomic mass is 32.1. The number of hydrogen-bond acceptors (Lipinski definition) is 3. The highest BCUT2D eigenvalue weighted by Gasteiger charge is 2.18. The quantitative estimate of drug-likeness (QED) is 0.694. The van der Waals surface area contributed by atoms with E-state index in [0.29, 0.717) is 10.9 Å². The van der Waals surface area contributed by atoms with Gasteiger partial charge in [0.2, 0.25) is 5.91 Å². The van der Waals surface area contributed by atoms with Gasteiger partial charge < -0.3 is 16.0 Å². The fraction of sp³-hybridized carbons (Fsp3) is 0.833. The third-order valence-corrected chi connectivity index (χ3v) is 3.45. The molecule has 4 nitrogen and oxygen atoms in total. The predicted octanol–water partition coefficient (Wildman–Crippen LogP) is 0.901. The highest BCUT2D eigenvalue weighted by Crippen LogP contribution is 2.16. The number of nitrogens with two attached hydrogens (primary N) is 1. The van der Waals surface area contributed by atoms with Crippen molar-refractivity contribution in [1.29, 1.82) is 0 Å². The number of nitrogens with zero attached hydrogens (tertiary/aromatic N) is 1. The van der Waals surface area contributed by atoms with Crippen molar-refractivity contribution in [2.75, 3.05) is 26.2 Å². The van der Waals surface area contributed by atoms with E-state index in [1.54, 1.807) is 6.92 Å². The van der Waals surface area contributed by atoms with Gasteiger partial charge >= 0.3 is 0 Å². The van der Waals surface area contributed by atoms with Crippen LogP contribution in [0.25, 0.3) is 0 Å². The van der Waals surface area contributed by atoms with Crippen LogP contribution >= 0.6 is 12.2 Å². The van der Waals surface area contributed by atoms with Crippen LogP contribution in [0.15, 0.2) is 0 Å². The van der Waals surface area contributed by atoms with Crippen molar-refractivity contribution >= 4 is 23.1 Å². The largest absolute Gasteiger partial charge is 0.393 e. The molecule has 0 unspecified atom stereocenters. The number of carbonyl (C=O) groups is 1. The van der Waals surface area contributed by atoms with Crippen LogP contribution in [0, 0.1) is 5.92 Å². The number of nitrogens with one attached hydrogen (secondary N) is 1. The molecule has 1 aliphatic rings. The van der Waals surface area contributed by atoms with Crippen molar-refractivity contribution < 1.29 is 4.79 Å². The molecule has 1 saturated heterocycles. The molecule has 0 aromatic carbocycles. The zero-order valence-corrected chi connectivity index (χ0v) is 11.4. The first-order valence-electron chi connectivity index (χ1n) is 6.33. The summed E-state index contributed by atoms with van der Waals surface area (Å²) in [7, 11) is 0. The summed E-state index contributed by atoms with van der Waals surface area (Å²) < 4.78 is 0. The van der Waals surface area contributed by atoms with E-state index < -0.39 is 0 Å². The number of thiocarbonyl (C=S) groups is 1. The van der Waals surface area contributed by atoms with Crippen LogP contribution < -0.4 is 11.1 Å². The lowest BCUT2D eigenvalue weighted by Gasteiger charge is -2.31. The van der Waals surface area contributed by atoms with Crippen LogP contribution in [0.4, 0.5) is 0 Å². The summed E-state index contributed by atoms with van der Waals surface area (Å²) in [6.45, 7) is 5.74. The third-order valence-electron chi connectivity index (χ3n) is 3.24. The number of hydrogen-bond donors (Lipinski definition) is 2. The van der Waals surface area contributed by atoms with E-state index in [-0.39, 0.29) is 5.91 Å². The number of piperidine rings is 1. The first-order chi connectivity index (χ1) is 8.08. The Labute approximate surface area is 109 Å². The number of amides is 1. The molecule has 0 aliphatic carbocycles. The molecule has 1 aliphatic heterocycles. The Balaban J connectivity index is 2.08. The Hall–Kier alpha value is -0.680. The zero-order chi connectivity index (χ0) is 12.7. The smallest absolute Gasteiger partial charge is 0.216 e. The molecular formula is C12H23N3OS. The Morgan fingerprint density at radius 3 is 2.65 bits per heavy atom. The lowest BCUT2D eigenvalue weighted by Crippen LogP contribution is -2.38.